The zero-order valence-electron chi connectivity index (χ0n) is 9.58. The number of carbonyl (C=O) groups excluding carboxylic acids is 1. The molecule has 0 fully saturated rings. The molecule has 1 aromatic rings. The number of alkyl carbamates (subject to hydrolysis) is 1. The molecule has 0 aliphatic heterocycles. The molecule has 1 heterocycles. The molecule has 4 nitrogen and oxygen atoms in total. The van der Waals surface area contributed by atoms with E-state index in [1.165, 1.54) is 0 Å². The number of pyridine rings is 1. The molecule has 0 radical (unpaired) electrons. The highest BCUT2D eigenvalue weighted by Gasteiger charge is 2.15. The Kier molecular flexibility index (Phi) is 4.29. The largest absolute Gasteiger partial charge is 0.444 e. The summed E-state index contributed by atoms with van der Waals surface area (Å²) in [5, 5.41) is 2.64. The van der Waals surface area contributed by atoms with Crippen molar-refractivity contribution in [2.75, 3.05) is 0 Å². The second kappa shape index (κ2) is 5.30. The van der Waals surface area contributed by atoms with Gasteiger partial charge < -0.3 is 10.1 Å². The van der Waals surface area contributed by atoms with Crippen LogP contribution in [0, 0.1) is 0 Å². The molecule has 0 spiro atoms. The van der Waals surface area contributed by atoms with Crippen molar-refractivity contribution in [3.63, 3.8) is 0 Å². The van der Waals surface area contributed by atoms with Gasteiger partial charge in [-0.3, -0.25) is 0 Å². The fraction of sp³-hybridized carbons (Fsp3) is 0.455. The third-order valence-electron chi connectivity index (χ3n) is 1.59. The van der Waals surface area contributed by atoms with Crippen LogP contribution in [-0.2, 0) is 11.3 Å². The van der Waals surface area contributed by atoms with Crippen molar-refractivity contribution in [3.8, 4) is 0 Å². The van der Waals surface area contributed by atoms with Crippen molar-refractivity contribution in [2.24, 2.45) is 0 Å². The molecule has 1 aromatic heterocycles. The van der Waals surface area contributed by atoms with E-state index in [2.05, 4.69) is 26.2 Å². The highest BCUT2D eigenvalue weighted by Crippen LogP contribution is 2.08. The summed E-state index contributed by atoms with van der Waals surface area (Å²) in [6, 6.07) is 5.53. The van der Waals surface area contributed by atoms with Crippen molar-refractivity contribution >= 4 is 22.0 Å². The van der Waals surface area contributed by atoms with E-state index in [9.17, 15) is 4.79 Å². The Morgan fingerprint density at radius 3 is 2.75 bits per heavy atom. The van der Waals surface area contributed by atoms with Gasteiger partial charge in [0.15, 0.2) is 0 Å². The molecule has 0 aromatic carbocycles. The van der Waals surface area contributed by atoms with Crippen molar-refractivity contribution in [1.29, 1.82) is 0 Å². The summed E-state index contributed by atoms with van der Waals surface area (Å²) in [7, 11) is 0. The molecule has 1 rings (SSSR count). The molecule has 0 unspecified atom stereocenters. The maximum atomic E-state index is 11.3. The molecule has 88 valence electrons. The van der Waals surface area contributed by atoms with Crippen LogP contribution in [0.25, 0.3) is 0 Å². The lowest BCUT2D eigenvalue weighted by molar-refractivity contribution is 0.0523. The molecule has 0 atom stereocenters. The second-order valence-electron chi connectivity index (χ2n) is 4.31. The van der Waals surface area contributed by atoms with Crippen molar-refractivity contribution in [2.45, 2.75) is 32.9 Å². The van der Waals surface area contributed by atoms with Crippen LogP contribution in [0.2, 0.25) is 0 Å². The number of carbonyl (C=O) groups is 1. The molecule has 16 heavy (non-hydrogen) atoms. The van der Waals surface area contributed by atoms with Gasteiger partial charge in [-0.1, -0.05) is 6.07 Å². The van der Waals surface area contributed by atoms with Crippen LogP contribution in [0.15, 0.2) is 22.8 Å². The number of amides is 1. The van der Waals surface area contributed by atoms with E-state index in [1.807, 2.05) is 39.0 Å². The number of hydrogen-bond acceptors (Lipinski definition) is 3. The highest BCUT2D eigenvalue weighted by molar-refractivity contribution is 9.10. The van der Waals surface area contributed by atoms with Crippen LogP contribution in [-0.4, -0.2) is 16.7 Å². The van der Waals surface area contributed by atoms with Gasteiger partial charge in [0.1, 0.15) is 10.2 Å². The molecule has 0 aliphatic carbocycles. The lowest BCUT2D eigenvalue weighted by Crippen LogP contribution is -2.32. The van der Waals surface area contributed by atoms with Crippen LogP contribution < -0.4 is 5.32 Å². The number of hydrogen-bond donors (Lipinski definition) is 1. The van der Waals surface area contributed by atoms with E-state index < -0.39 is 11.7 Å². The highest BCUT2D eigenvalue weighted by atomic mass is 79.9. The Hall–Kier alpha value is -1.10. The van der Waals surface area contributed by atoms with Crippen LogP contribution in [0.5, 0.6) is 0 Å². The van der Waals surface area contributed by atoms with E-state index in [1.54, 1.807) is 0 Å². The fourth-order valence-corrected chi connectivity index (χ4v) is 1.41. The normalized spacial score (nSPS) is 11.0. The monoisotopic (exact) mass is 286 g/mol. The van der Waals surface area contributed by atoms with E-state index in [0.717, 1.165) is 10.3 Å². The third kappa shape index (κ3) is 5.11. The first-order valence-corrected chi connectivity index (χ1v) is 5.74. The molecule has 0 saturated heterocycles. The lowest BCUT2D eigenvalue weighted by atomic mass is 10.2. The van der Waals surface area contributed by atoms with Crippen molar-refractivity contribution < 1.29 is 9.53 Å². The van der Waals surface area contributed by atoms with Gasteiger partial charge in [-0.2, -0.15) is 0 Å². The lowest BCUT2D eigenvalue weighted by Gasteiger charge is -2.19. The van der Waals surface area contributed by atoms with Gasteiger partial charge in [0.25, 0.3) is 0 Å². The summed E-state index contributed by atoms with van der Waals surface area (Å²) in [5.41, 5.74) is 0.301. The first-order chi connectivity index (χ1) is 7.37. The topological polar surface area (TPSA) is 51.2 Å². The van der Waals surface area contributed by atoms with Gasteiger partial charge in [0.05, 0.1) is 12.2 Å². The average molecular weight is 287 g/mol. The van der Waals surface area contributed by atoms with Gasteiger partial charge in [-0.25, -0.2) is 9.78 Å². The minimum absolute atomic E-state index is 0.356. The Morgan fingerprint density at radius 2 is 2.19 bits per heavy atom. The van der Waals surface area contributed by atoms with Gasteiger partial charge >= 0.3 is 6.09 Å². The van der Waals surface area contributed by atoms with Gasteiger partial charge in [0.2, 0.25) is 0 Å². The third-order valence-corrected chi connectivity index (χ3v) is 2.03. The summed E-state index contributed by atoms with van der Waals surface area (Å²) in [5.74, 6) is 0. The fourth-order valence-electron chi connectivity index (χ4n) is 1.03. The number of halogens is 1. The summed E-state index contributed by atoms with van der Waals surface area (Å²) in [6.07, 6.45) is -0.436. The van der Waals surface area contributed by atoms with E-state index in [0.29, 0.717) is 6.54 Å². The van der Waals surface area contributed by atoms with Crippen molar-refractivity contribution in [3.05, 3.63) is 28.5 Å². The number of aromatic nitrogens is 1. The predicted molar refractivity (Wildman–Crippen MR) is 65.0 cm³/mol. The maximum absolute atomic E-state index is 11.3. The van der Waals surface area contributed by atoms with Gasteiger partial charge in [-0.05, 0) is 48.8 Å². The van der Waals surface area contributed by atoms with Gasteiger partial charge in [-0.15, -0.1) is 0 Å². The number of ether oxygens (including phenoxy) is 1. The molecule has 1 N–H and O–H groups in total. The van der Waals surface area contributed by atoms with Crippen LogP contribution in [0.1, 0.15) is 26.5 Å². The Labute approximate surface area is 104 Å². The molecule has 0 saturated carbocycles. The Bertz CT molecular complexity index is 374. The standard InChI is InChI=1S/C11H15BrN2O2/c1-11(2,3)16-10(15)13-7-8-5-4-6-9(12)14-8/h4-6H,7H2,1-3H3,(H,13,15). The second-order valence-corrected chi connectivity index (χ2v) is 5.12. The van der Waals surface area contributed by atoms with Crippen molar-refractivity contribution in [1.82, 2.24) is 10.3 Å². The average Bonchev–Trinajstić information content (AvgIpc) is 2.12. The summed E-state index contributed by atoms with van der Waals surface area (Å²) in [6.45, 7) is 5.83. The molecular formula is C11H15BrN2O2. The zero-order chi connectivity index (χ0) is 12.2. The summed E-state index contributed by atoms with van der Waals surface area (Å²) < 4.78 is 5.85. The minimum atomic E-state index is -0.477. The predicted octanol–water partition coefficient (Wildman–Crippen LogP) is 2.87. The van der Waals surface area contributed by atoms with Crippen LogP contribution in [0.3, 0.4) is 0 Å². The van der Waals surface area contributed by atoms with Crippen LogP contribution >= 0.6 is 15.9 Å². The zero-order valence-corrected chi connectivity index (χ0v) is 11.2. The number of rotatable bonds is 2. The van der Waals surface area contributed by atoms with E-state index >= 15 is 0 Å². The molecule has 0 bridgehead atoms. The first kappa shape index (κ1) is 13.0. The Balaban J connectivity index is 2.43. The molecule has 0 aliphatic rings. The Morgan fingerprint density at radius 1 is 1.50 bits per heavy atom. The van der Waals surface area contributed by atoms with Crippen LogP contribution in [0.4, 0.5) is 4.79 Å². The molecule has 1 amide bonds. The van der Waals surface area contributed by atoms with Gasteiger partial charge in [0, 0.05) is 0 Å². The number of nitrogens with zero attached hydrogens (tertiary/aromatic N) is 1. The molecular weight excluding hydrogens is 272 g/mol. The summed E-state index contributed by atoms with van der Waals surface area (Å²) in [4.78, 5) is 15.5. The molecule has 5 heteroatoms. The minimum Gasteiger partial charge on any atom is -0.444 e. The number of nitrogens with one attached hydrogen (secondary N) is 1. The SMILES string of the molecule is CC(C)(C)OC(=O)NCc1cccc(Br)n1. The van der Waals surface area contributed by atoms with E-state index in [4.69, 9.17) is 4.74 Å². The first-order valence-electron chi connectivity index (χ1n) is 4.95. The quantitative estimate of drug-likeness (QED) is 0.851. The van der Waals surface area contributed by atoms with E-state index in [-0.39, 0.29) is 0 Å². The summed E-state index contributed by atoms with van der Waals surface area (Å²) >= 11 is 3.26. The maximum Gasteiger partial charge on any atom is 0.407 e. The smallest absolute Gasteiger partial charge is 0.407 e.